The van der Waals surface area contributed by atoms with Crippen LogP contribution >= 0.6 is 57.8 Å². The molecule has 0 atom stereocenters. The molecule has 4 aromatic rings. The molecule has 4 aliphatic heterocycles. The van der Waals surface area contributed by atoms with E-state index in [1.54, 1.807) is 6.07 Å². The standard InChI is InChI=1S/C17H20F3N5S2.C10H18N2S.C8H4ClF3N2S/c1-16(2)9-21-15(27-16)25-5-3-24(4-6-25)13-12-7-11(8-17(18,19)20)26-14(12)23-10-22-13;1-10(2)8-11-9(13-10)12-6-4-3-5-7-12;9-6-5-1-4(2-8(10,11)12)15-7(5)14-3-13-6/h7,10H,3-6,8-9H2,1-2H3;3-8H2,1-2H3;1,3H,2H2. The number of fused-ring (bicyclic) bond motifs is 2. The molecule has 0 aromatic carbocycles. The number of hydrogen-bond acceptors (Lipinski definition) is 13. The number of alkyl halides is 6. The van der Waals surface area contributed by atoms with Gasteiger partial charge in [-0.1, -0.05) is 35.1 Å². The lowest BCUT2D eigenvalue weighted by Gasteiger charge is -2.36. The minimum Gasteiger partial charge on any atom is -0.352 e. The molecule has 55 heavy (non-hydrogen) atoms. The van der Waals surface area contributed by atoms with E-state index in [0.29, 0.717) is 25.2 Å². The fourth-order valence-corrected chi connectivity index (χ4v) is 10.7. The summed E-state index contributed by atoms with van der Waals surface area (Å²) < 4.78 is 74.9. The van der Waals surface area contributed by atoms with Crippen LogP contribution in [0.4, 0.5) is 32.2 Å². The number of rotatable bonds is 3. The monoisotopic (exact) mass is 865 g/mol. The molecule has 2 fully saturated rings. The fraction of sp³-hybridized carbons (Fsp3) is 0.600. The van der Waals surface area contributed by atoms with Gasteiger partial charge < -0.3 is 14.7 Å². The molecule has 0 unspecified atom stereocenters. The van der Waals surface area contributed by atoms with Crippen LogP contribution in [0.25, 0.3) is 20.4 Å². The zero-order chi connectivity index (χ0) is 39.6. The Hall–Kier alpha value is -2.61. The molecule has 20 heteroatoms. The number of aliphatic imine (C=N–C) groups is 2. The minimum absolute atomic E-state index is 0.150. The molecule has 0 bridgehead atoms. The van der Waals surface area contributed by atoms with Crippen molar-refractivity contribution in [2.45, 2.75) is 81.6 Å². The fourth-order valence-electron chi connectivity index (χ4n) is 6.25. The van der Waals surface area contributed by atoms with Crippen molar-refractivity contribution in [2.24, 2.45) is 9.98 Å². The first-order valence-corrected chi connectivity index (χ1v) is 21.5. The highest BCUT2D eigenvalue weighted by atomic mass is 35.5. The van der Waals surface area contributed by atoms with Gasteiger partial charge in [0.25, 0.3) is 0 Å². The van der Waals surface area contributed by atoms with E-state index in [1.165, 1.54) is 56.2 Å². The molecule has 0 saturated carbocycles. The third-order valence-electron chi connectivity index (χ3n) is 8.84. The lowest BCUT2D eigenvalue weighted by Crippen LogP contribution is -2.48. The van der Waals surface area contributed by atoms with Crippen LogP contribution in [0.2, 0.25) is 5.15 Å². The Balaban J connectivity index is 0.000000155. The first-order valence-electron chi connectivity index (χ1n) is 17.8. The number of thiophene rings is 2. The summed E-state index contributed by atoms with van der Waals surface area (Å²) in [5.41, 5.74) is 0. The summed E-state index contributed by atoms with van der Waals surface area (Å²) in [5.74, 6) is 0.727. The molecular weight excluding hydrogens is 824 g/mol. The Bertz CT molecular complexity index is 2000. The van der Waals surface area contributed by atoms with E-state index < -0.39 is 25.2 Å². The summed E-state index contributed by atoms with van der Waals surface area (Å²) in [6.45, 7) is 16.4. The van der Waals surface area contributed by atoms with Gasteiger partial charge in [-0.05, 0) is 59.1 Å². The van der Waals surface area contributed by atoms with E-state index in [0.717, 1.165) is 72.9 Å². The Morgan fingerprint density at radius 2 is 1.07 bits per heavy atom. The van der Waals surface area contributed by atoms with Crippen LogP contribution in [0.3, 0.4) is 0 Å². The first-order chi connectivity index (χ1) is 25.8. The Labute approximate surface area is 337 Å². The lowest BCUT2D eigenvalue weighted by molar-refractivity contribution is -0.127. The van der Waals surface area contributed by atoms with Crippen LogP contribution in [0.15, 0.2) is 34.8 Å². The molecule has 2 saturated heterocycles. The van der Waals surface area contributed by atoms with Crippen LogP contribution in [0.5, 0.6) is 0 Å². The summed E-state index contributed by atoms with van der Waals surface area (Å²) in [6, 6.07) is 2.98. The predicted octanol–water partition coefficient (Wildman–Crippen LogP) is 9.60. The molecule has 4 aliphatic rings. The Kier molecular flexibility index (Phi) is 13.1. The van der Waals surface area contributed by atoms with Gasteiger partial charge in [-0.25, -0.2) is 19.9 Å². The van der Waals surface area contributed by atoms with Crippen LogP contribution in [-0.4, -0.2) is 114 Å². The second-order valence-electron chi connectivity index (χ2n) is 14.8. The van der Waals surface area contributed by atoms with Gasteiger partial charge in [0.2, 0.25) is 0 Å². The van der Waals surface area contributed by atoms with Crippen LogP contribution < -0.4 is 4.90 Å². The quantitative estimate of drug-likeness (QED) is 0.148. The number of anilines is 1. The molecule has 0 N–H and O–H groups in total. The van der Waals surface area contributed by atoms with E-state index >= 15 is 0 Å². The number of amidine groups is 2. The number of piperidine rings is 1. The lowest BCUT2D eigenvalue weighted by atomic mass is 10.1. The van der Waals surface area contributed by atoms with E-state index in [4.69, 9.17) is 11.6 Å². The molecule has 4 aromatic heterocycles. The van der Waals surface area contributed by atoms with Gasteiger partial charge in [0, 0.05) is 63.9 Å². The van der Waals surface area contributed by atoms with Crippen molar-refractivity contribution in [2.75, 3.05) is 57.3 Å². The van der Waals surface area contributed by atoms with Crippen molar-refractivity contribution in [1.82, 2.24) is 29.7 Å². The topological polar surface area (TPSA) is 86.0 Å². The predicted molar refractivity (Wildman–Crippen MR) is 217 cm³/mol. The average Bonchev–Trinajstić information content (AvgIpc) is 3.89. The number of hydrogen-bond donors (Lipinski definition) is 0. The first kappa shape index (κ1) is 42.0. The maximum atomic E-state index is 12.7. The zero-order valence-electron chi connectivity index (χ0n) is 30.8. The van der Waals surface area contributed by atoms with E-state index in [-0.39, 0.29) is 19.7 Å². The summed E-state index contributed by atoms with van der Waals surface area (Å²) in [6.07, 6.45) is -3.53. The zero-order valence-corrected chi connectivity index (χ0v) is 34.8. The van der Waals surface area contributed by atoms with Gasteiger partial charge >= 0.3 is 12.4 Å². The summed E-state index contributed by atoms with van der Waals surface area (Å²) >= 11 is 11.6. The van der Waals surface area contributed by atoms with Crippen molar-refractivity contribution in [3.8, 4) is 0 Å². The largest absolute Gasteiger partial charge is 0.393 e. The molecular formula is C35H42ClF6N9S4. The SMILES string of the molecule is CC1(C)CN=C(N2CCCCC2)S1.CC1(C)CN=C(N2CCN(c3ncnc4sc(CC(F)(F)F)cc34)CC2)S1.FC(F)(F)Cc1cc2c(Cl)ncnc2s1. The second kappa shape index (κ2) is 17.1. The molecule has 0 spiro atoms. The molecule has 9 nitrogen and oxygen atoms in total. The molecule has 8 heterocycles. The van der Waals surface area contributed by atoms with Crippen molar-refractivity contribution in [3.63, 3.8) is 0 Å². The molecule has 300 valence electrons. The molecule has 0 amide bonds. The van der Waals surface area contributed by atoms with Gasteiger partial charge in [-0.15, -0.1) is 22.7 Å². The molecule has 0 radical (unpaired) electrons. The summed E-state index contributed by atoms with van der Waals surface area (Å²) in [4.78, 5) is 33.8. The van der Waals surface area contributed by atoms with Crippen LogP contribution in [0, 0.1) is 0 Å². The summed E-state index contributed by atoms with van der Waals surface area (Å²) in [5, 5.41) is 3.76. The number of nitrogens with zero attached hydrogens (tertiary/aromatic N) is 9. The smallest absolute Gasteiger partial charge is 0.352 e. The van der Waals surface area contributed by atoms with Crippen LogP contribution in [-0.2, 0) is 12.8 Å². The Morgan fingerprint density at radius 1 is 0.618 bits per heavy atom. The van der Waals surface area contributed by atoms with Crippen molar-refractivity contribution < 1.29 is 26.3 Å². The third-order valence-corrected chi connectivity index (χ3v) is 13.7. The van der Waals surface area contributed by atoms with Crippen LogP contribution in [0.1, 0.15) is 56.7 Å². The van der Waals surface area contributed by atoms with E-state index in [1.807, 2.05) is 23.5 Å². The van der Waals surface area contributed by atoms with E-state index in [2.05, 4.69) is 72.3 Å². The molecule has 0 aliphatic carbocycles. The highest BCUT2D eigenvalue weighted by molar-refractivity contribution is 8.15. The van der Waals surface area contributed by atoms with Gasteiger partial charge in [0.15, 0.2) is 10.3 Å². The number of piperazine rings is 1. The van der Waals surface area contributed by atoms with Gasteiger partial charge in [0.1, 0.15) is 33.3 Å². The number of aromatic nitrogens is 4. The average molecular weight is 866 g/mol. The second-order valence-corrected chi connectivity index (χ2v) is 20.7. The number of thioether (sulfide) groups is 2. The van der Waals surface area contributed by atoms with Gasteiger partial charge in [0.05, 0.1) is 31.3 Å². The highest BCUT2D eigenvalue weighted by Crippen LogP contribution is 2.37. The minimum atomic E-state index is -4.21. The van der Waals surface area contributed by atoms with E-state index in [9.17, 15) is 26.3 Å². The molecule has 8 rings (SSSR count). The summed E-state index contributed by atoms with van der Waals surface area (Å²) in [7, 11) is 0. The van der Waals surface area contributed by atoms with Crippen molar-refractivity contribution in [1.29, 1.82) is 0 Å². The Morgan fingerprint density at radius 3 is 1.55 bits per heavy atom. The van der Waals surface area contributed by atoms with Crippen molar-refractivity contribution in [3.05, 3.63) is 39.7 Å². The third kappa shape index (κ3) is 11.7. The van der Waals surface area contributed by atoms with Gasteiger partial charge in [-0.2, -0.15) is 26.3 Å². The number of likely N-dealkylation sites (tertiary alicyclic amines) is 1. The number of halogens is 7. The normalized spacial score (nSPS) is 19.9. The van der Waals surface area contributed by atoms with Gasteiger partial charge in [-0.3, -0.25) is 9.98 Å². The maximum absolute atomic E-state index is 12.7. The highest BCUT2D eigenvalue weighted by Gasteiger charge is 2.34. The van der Waals surface area contributed by atoms with Crippen molar-refractivity contribution >= 4 is 94.4 Å². The maximum Gasteiger partial charge on any atom is 0.393 e.